The minimum absolute atomic E-state index is 0.0346. The molecule has 2 nitrogen and oxygen atoms in total. The van der Waals surface area contributed by atoms with Crippen LogP contribution in [0.3, 0.4) is 0 Å². The largest absolute Gasteiger partial charge is 0.353 e. The van der Waals surface area contributed by atoms with Gasteiger partial charge in [0.1, 0.15) is 0 Å². The van der Waals surface area contributed by atoms with E-state index in [2.05, 4.69) is 73.9 Å². The van der Waals surface area contributed by atoms with Gasteiger partial charge in [0.15, 0.2) is 5.11 Å². The average Bonchev–Trinajstić information content (AvgIpc) is 3.00. The molecule has 2 N–H and O–H groups in total. The number of anilines is 1. The van der Waals surface area contributed by atoms with Gasteiger partial charge in [0.25, 0.3) is 0 Å². The Hall–Kier alpha value is -1.87. The van der Waals surface area contributed by atoms with Crippen molar-refractivity contribution in [3.05, 3.63) is 64.7 Å². The third-order valence-corrected chi connectivity index (χ3v) is 5.32. The fourth-order valence-electron chi connectivity index (χ4n) is 3.79. The first-order chi connectivity index (χ1) is 11.5. The molecule has 1 aliphatic carbocycles. The number of hydrogen-bond donors (Lipinski definition) is 2. The van der Waals surface area contributed by atoms with Gasteiger partial charge in [-0.05, 0) is 74.2 Å². The van der Waals surface area contributed by atoms with Gasteiger partial charge in [0.2, 0.25) is 0 Å². The first-order valence-corrected chi connectivity index (χ1v) is 9.13. The van der Waals surface area contributed by atoms with Crippen LogP contribution < -0.4 is 10.6 Å². The maximum absolute atomic E-state index is 5.67. The zero-order valence-corrected chi connectivity index (χ0v) is 15.6. The summed E-state index contributed by atoms with van der Waals surface area (Å²) in [5.41, 5.74) is 6.22. The van der Waals surface area contributed by atoms with Gasteiger partial charge in [-0.15, -0.1) is 0 Å². The van der Waals surface area contributed by atoms with Gasteiger partial charge in [-0.25, -0.2) is 0 Å². The quantitative estimate of drug-likeness (QED) is 0.736. The maximum Gasteiger partial charge on any atom is 0.171 e. The summed E-state index contributed by atoms with van der Waals surface area (Å²) in [6, 6.07) is 15.1. The fourth-order valence-corrected chi connectivity index (χ4v) is 4.10. The molecule has 24 heavy (non-hydrogen) atoms. The van der Waals surface area contributed by atoms with Crippen LogP contribution in [0.15, 0.2) is 42.5 Å². The molecule has 2 aromatic carbocycles. The fraction of sp³-hybridized carbons (Fsp3) is 0.381. The molecular weight excluding hydrogens is 312 g/mol. The van der Waals surface area contributed by atoms with Crippen LogP contribution in [-0.2, 0) is 5.54 Å². The smallest absolute Gasteiger partial charge is 0.171 e. The molecule has 0 aliphatic heterocycles. The average molecular weight is 339 g/mol. The zero-order valence-electron chi connectivity index (χ0n) is 14.8. The second-order valence-corrected chi connectivity index (χ2v) is 7.41. The molecule has 3 heteroatoms. The number of aryl methyl sites for hydroxylation is 3. The highest BCUT2D eigenvalue weighted by Gasteiger charge is 2.37. The van der Waals surface area contributed by atoms with Crippen molar-refractivity contribution in [2.45, 2.75) is 52.0 Å². The molecule has 0 atom stereocenters. The van der Waals surface area contributed by atoms with E-state index in [1.54, 1.807) is 0 Å². The van der Waals surface area contributed by atoms with Crippen LogP contribution in [0.2, 0.25) is 0 Å². The molecule has 1 fully saturated rings. The first kappa shape index (κ1) is 17.0. The molecule has 2 aromatic rings. The Bertz CT molecular complexity index is 745. The SMILES string of the molecule is Cc1ccc(C)c(NC(=S)NC2(c3ccccc3C)CCCC2)c1. The van der Waals surface area contributed by atoms with E-state index in [4.69, 9.17) is 12.2 Å². The van der Waals surface area contributed by atoms with Gasteiger partial charge in [-0.1, -0.05) is 49.2 Å². The van der Waals surface area contributed by atoms with Crippen LogP contribution in [0, 0.1) is 20.8 Å². The van der Waals surface area contributed by atoms with Gasteiger partial charge in [0.05, 0.1) is 5.54 Å². The highest BCUT2D eigenvalue weighted by atomic mass is 32.1. The van der Waals surface area contributed by atoms with Crippen molar-refractivity contribution in [3.8, 4) is 0 Å². The second-order valence-electron chi connectivity index (χ2n) is 7.00. The molecule has 1 saturated carbocycles. The van der Waals surface area contributed by atoms with Crippen molar-refractivity contribution in [1.82, 2.24) is 5.32 Å². The van der Waals surface area contributed by atoms with Crippen LogP contribution in [0.25, 0.3) is 0 Å². The Morgan fingerprint density at radius 3 is 2.38 bits per heavy atom. The maximum atomic E-state index is 5.67. The lowest BCUT2D eigenvalue weighted by molar-refractivity contribution is 0.406. The molecule has 0 radical (unpaired) electrons. The third-order valence-electron chi connectivity index (χ3n) is 5.11. The standard InChI is InChI=1S/C21H26N2S/c1-15-10-11-17(3)19(14-15)22-20(24)23-21(12-6-7-13-21)18-9-5-4-8-16(18)2/h4-5,8-11,14H,6-7,12-13H2,1-3H3,(H2,22,23,24). The van der Waals surface area contributed by atoms with E-state index in [1.165, 1.54) is 35.1 Å². The zero-order chi connectivity index (χ0) is 17.2. The van der Waals surface area contributed by atoms with Crippen molar-refractivity contribution in [2.24, 2.45) is 0 Å². The molecule has 126 valence electrons. The summed E-state index contributed by atoms with van der Waals surface area (Å²) in [7, 11) is 0. The number of thiocarbonyl (C=S) groups is 1. The number of benzene rings is 2. The number of nitrogens with one attached hydrogen (secondary N) is 2. The highest BCUT2D eigenvalue weighted by molar-refractivity contribution is 7.80. The molecule has 0 amide bonds. The third kappa shape index (κ3) is 3.46. The van der Waals surface area contributed by atoms with E-state index in [0.29, 0.717) is 5.11 Å². The van der Waals surface area contributed by atoms with Crippen LogP contribution in [-0.4, -0.2) is 5.11 Å². The molecule has 0 heterocycles. The molecule has 1 aliphatic rings. The Labute approximate surface area is 150 Å². The summed E-state index contributed by atoms with van der Waals surface area (Å²) in [5.74, 6) is 0. The Morgan fingerprint density at radius 1 is 0.958 bits per heavy atom. The molecule has 0 aromatic heterocycles. The predicted octanol–water partition coefficient (Wildman–Crippen LogP) is 5.37. The van der Waals surface area contributed by atoms with Crippen LogP contribution in [0.5, 0.6) is 0 Å². The van der Waals surface area contributed by atoms with Gasteiger partial charge < -0.3 is 10.6 Å². The van der Waals surface area contributed by atoms with Crippen molar-refractivity contribution in [3.63, 3.8) is 0 Å². The summed E-state index contributed by atoms with van der Waals surface area (Å²) in [4.78, 5) is 0. The van der Waals surface area contributed by atoms with Gasteiger partial charge in [0, 0.05) is 5.69 Å². The molecule has 0 saturated heterocycles. The van der Waals surface area contributed by atoms with Gasteiger partial charge in [-0.3, -0.25) is 0 Å². The first-order valence-electron chi connectivity index (χ1n) is 8.73. The topological polar surface area (TPSA) is 24.1 Å². The summed E-state index contributed by atoms with van der Waals surface area (Å²) in [6.45, 7) is 6.40. The molecule has 0 bridgehead atoms. The lowest BCUT2D eigenvalue weighted by Crippen LogP contribution is -2.46. The minimum Gasteiger partial charge on any atom is -0.353 e. The molecule has 0 spiro atoms. The van der Waals surface area contributed by atoms with E-state index in [9.17, 15) is 0 Å². The van der Waals surface area contributed by atoms with Crippen LogP contribution in [0.4, 0.5) is 5.69 Å². The Kier molecular flexibility index (Phi) is 4.91. The summed E-state index contributed by atoms with van der Waals surface area (Å²) in [6.07, 6.45) is 4.75. The predicted molar refractivity (Wildman–Crippen MR) is 107 cm³/mol. The van der Waals surface area contributed by atoms with Crippen molar-refractivity contribution in [1.29, 1.82) is 0 Å². The van der Waals surface area contributed by atoms with Crippen LogP contribution >= 0.6 is 12.2 Å². The van der Waals surface area contributed by atoms with E-state index in [1.807, 2.05) is 0 Å². The number of rotatable bonds is 3. The lowest BCUT2D eigenvalue weighted by atomic mass is 9.85. The second kappa shape index (κ2) is 6.94. The minimum atomic E-state index is -0.0346. The van der Waals surface area contributed by atoms with E-state index < -0.39 is 0 Å². The Morgan fingerprint density at radius 2 is 1.67 bits per heavy atom. The van der Waals surface area contributed by atoms with Crippen molar-refractivity contribution < 1.29 is 0 Å². The van der Waals surface area contributed by atoms with E-state index in [0.717, 1.165) is 18.5 Å². The molecular formula is C21H26N2S. The van der Waals surface area contributed by atoms with Crippen molar-refractivity contribution in [2.75, 3.05) is 5.32 Å². The van der Waals surface area contributed by atoms with E-state index >= 15 is 0 Å². The Balaban J connectivity index is 1.83. The summed E-state index contributed by atoms with van der Waals surface area (Å²) >= 11 is 5.67. The number of hydrogen-bond acceptors (Lipinski definition) is 1. The molecule has 0 unspecified atom stereocenters. The van der Waals surface area contributed by atoms with Gasteiger partial charge in [-0.2, -0.15) is 0 Å². The lowest BCUT2D eigenvalue weighted by Gasteiger charge is -2.34. The normalized spacial score (nSPS) is 16.0. The molecule has 3 rings (SSSR count). The van der Waals surface area contributed by atoms with Crippen LogP contribution in [0.1, 0.15) is 47.9 Å². The highest BCUT2D eigenvalue weighted by Crippen LogP contribution is 2.40. The van der Waals surface area contributed by atoms with Gasteiger partial charge >= 0.3 is 0 Å². The monoisotopic (exact) mass is 338 g/mol. The summed E-state index contributed by atoms with van der Waals surface area (Å²) in [5, 5.41) is 7.79. The van der Waals surface area contributed by atoms with E-state index in [-0.39, 0.29) is 5.54 Å². The van der Waals surface area contributed by atoms with Crippen molar-refractivity contribution >= 4 is 23.0 Å². The summed E-state index contributed by atoms with van der Waals surface area (Å²) < 4.78 is 0.